The number of rotatable bonds is 7. The minimum absolute atomic E-state index is 0.600. The molecule has 2 heteroatoms. The first-order chi connectivity index (χ1) is 35.2. The van der Waals surface area contributed by atoms with Crippen molar-refractivity contribution >= 4 is 38.6 Å². The Kier molecular flexibility index (Phi) is 9.47. The Morgan fingerprint density at radius 1 is 0.268 bits per heavy atom. The van der Waals surface area contributed by atoms with E-state index in [1.165, 1.54) is 61.2 Å². The lowest BCUT2D eigenvalue weighted by Crippen LogP contribution is -2.32. The van der Waals surface area contributed by atoms with Crippen molar-refractivity contribution < 1.29 is 4.74 Å². The SMILES string of the molecule is c1ccc(-c2ccc(-c3ccc(N(c4cccc(-c5ccc6c(c5)-c5ccccc5C65c6ccc7ccccc7c6Oc6c5ccc5ccccc65)c4)c4ccccc4-c4ccccc4)cc3)cc2)cc1. The lowest BCUT2D eigenvalue weighted by molar-refractivity contribution is 0.447. The standard InChI is InChI=1S/C69H45NO/c1-3-16-46(17-4-1)47-30-32-48(33-31-47)49-34-39-55(40-35-49)70(66-29-14-12-24-57(66)50-18-5-2-6-19-50)56-23-15-22-53(44-56)54-38-41-63-61(45-54)60-27-11-13-28-62(60)69(63)64-42-36-51-20-7-9-25-58(51)67(64)71-68-59-26-10-8-21-52(59)37-43-65(68)69/h1-45H. The van der Waals surface area contributed by atoms with Crippen molar-refractivity contribution in [2.24, 2.45) is 0 Å². The third-order valence-corrected chi connectivity index (χ3v) is 14.9. The number of benzene rings is 12. The monoisotopic (exact) mass is 903 g/mol. The van der Waals surface area contributed by atoms with Crippen molar-refractivity contribution in [3.63, 3.8) is 0 Å². The average Bonchev–Trinajstić information content (AvgIpc) is 3.73. The van der Waals surface area contributed by atoms with Gasteiger partial charge in [0.15, 0.2) is 0 Å². The summed E-state index contributed by atoms with van der Waals surface area (Å²) in [6, 6.07) is 99.6. The number of ether oxygens (including phenoxy) is 1. The molecule has 0 fully saturated rings. The van der Waals surface area contributed by atoms with E-state index in [-0.39, 0.29) is 0 Å². The number of anilines is 3. The Balaban J connectivity index is 0.915. The van der Waals surface area contributed by atoms with Gasteiger partial charge in [-0.05, 0) is 108 Å². The molecule has 1 aliphatic carbocycles. The molecular formula is C69H45NO. The zero-order chi connectivity index (χ0) is 46.9. The van der Waals surface area contributed by atoms with Crippen LogP contribution in [0.4, 0.5) is 17.1 Å². The predicted octanol–water partition coefficient (Wildman–Crippen LogP) is 18.6. The van der Waals surface area contributed by atoms with Crippen LogP contribution in [-0.2, 0) is 5.41 Å². The van der Waals surface area contributed by atoms with E-state index in [1.807, 2.05) is 0 Å². The summed E-state index contributed by atoms with van der Waals surface area (Å²) in [7, 11) is 0. The van der Waals surface area contributed by atoms with E-state index in [2.05, 4.69) is 278 Å². The second kappa shape index (κ2) is 16.5. The molecule has 0 N–H and O–H groups in total. The smallest absolute Gasteiger partial charge is 0.140 e. The minimum Gasteiger partial charge on any atom is -0.455 e. The molecular weight excluding hydrogens is 859 g/mol. The maximum absolute atomic E-state index is 7.20. The van der Waals surface area contributed by atoms with Crippen LogP contribution in [0.3, 0.4) is 0 Å². The summed E-state index contributed by atoms with van der Waals surface area (Å²) in [6.45, 7) is 0. The third kappa shape index (κ3) is 6.49. The zero-order valence-electron chi connectivity index (χ0n) is 38.8. The zero-order valence-corrected chi connectivity index (χ0v) is 38.8. The minimum atomic E-state index is -0.600. The van der Waals surface area contributed by atoms with Gasteiger partial charge < -0.3 is 9.64 Å². The normalized spacial score (nSPS) is 12.7. The molecule has 0 atom stereocenters. The lowest BCUT2D eigenvalue weighted by atomic mass is 9.65. The maximum Gasteiger partial charge on any atom is 0.140 e. The van der Waals surface area contributed by atoms with Gasteiger partial charge in [0.25, 0.3) is 0 Å². The van der Waals surface area contributed by atoms with Gasteiger partial charge in [-0.1, -0.05) is 237 Å². The summed E-state index contributed by atoms with van der Waals surface area (Å²) in [5.74, 6) is 1.85. The molecule has 2 nitrogen and oxygen atoms in total. The summed E-state index contributed by atoms with van der Waals surface area (Å²) in [5, 5.41) is 4.56. The van der Waals surface area contributed by atoms with Crippen LogP contribution in [0.5, 0.6) is 11.5 Å². The second-order valence-electron chi connectivity index (χ2n) is 18.7. The van der Waals surface area contributed by atoms with Gasteiger partial charge in [-0.25, -0.2) is 0 Å². The molecule has 2 aliphatic rings. The molecule has 12 aromatic carbocycles. The van der Waals surface area contributed by atoms with E-state index in [9.17, 15) is 0 Å². The van der Waals surface area contributed by atoms with Gasteiger partial charge in [0.2, 0.25) is 0 Å². The highest BCUT2D eigenvalue weighted by atomic mass is 16.5. The number of fused-ring (bicyclic) bond motifs is 13. The molecule has 14 rings (SSSR count). The van der Waals surface area contributed by atoms with Crippen molar-refractivity contribution in [3.05, 3.63) is 295 Å². The Hall–Kier alpha value is -9.24. The molecule has 0 unspecified atom stereocenters. The number of hydrogen-bond donors (Lipinski definition) is 0. The molecule has 332 valence electrons. The maximum atomic E-state index is 7.20. The van der Waals surface area contributed by atoms with E-state index in [0.717, 1.165) is 66.8 Å². The molecule has 0 saturated heterocycles. The molecule has 71 heavy (non-hydrogen) atoms. The summed E-state index contributed by atoms with van der Waals surface area (Å²) < 4.78 is 7.20. The van der Waals surface area contributed by atoms with Gasteiger partial charge >= 0.3 is 0 Å². The number of para-hydroxylation sites is 1. The fraction of sp³-hybridized carbons (Fsp3) is 0.0145. The van der Waals surface area contributed by atoms with E-state index in [4.69, 9.17) is 4.74 Å². The van der Waals surface area contributed by atoms with Crippen molar-refractivity contribution in [3.8, 4) is 67.1 Å². The second-order valence-corrected chi connectivity index (χ2v) is 18.7. The summed E-state index contributed by atoms with van der Waals surface area (Å²) in [5.41, 5.74) is 19.5. The molecule has 1 spiro atoms. The lowest BCUT2D eigenvalue weighted by Gasteiger charge is -2.40. The quantitative estimate of drug-likeness (QED) is 0.158. The van der Waals surface area contributed by atoms with Crippen LogP contribution in [0.15, 0.2) is 273 Å². The van der Waals surface area contributed by atoms with Crippen LogP contribution < -0.4 is 9.64 Å². The van der Waals surface area contributed by atoms with Crippen molar-refractivity contribution in [1.82, 2.24) is 0 Å². The highest BCUT2D eigenvalue weighted by molar-refractivity contribution is 6.00. The van der Waals surface area contributed by atoms with Gasteiger partial charge in [0.1, 0.15) is 11.5 Å². The largest absolute Gasteiger partial charge is 0.455 e. The van der Waals surface area contributed by atoms with Gasteiger partial charge in [-0.2, -0.15) is 0 Å². The van der Waals surface area contributed by atoms with Gasteiger partial charge in [-0.15, -0.1) is 0 Å². The Morgan fingerprint density at radius 2 is 0.732 bits per heavy atom. The van der Waals surface area contributed by atoms with Crippen LogP contribution in [0.1, 0.15) is 22.3 Å². The van der Waals surface area contributed by atoms with E-state index in [0.29, 0.717) is 0 Å². The Morgan fingerprint density at radius 3 is 1.39 bits per heavy atom. The first-order valence-electron chi connectivity index (χ1n) is 24.5. The molecule has 12 aromatic rings. The molecule has 1 aliphatic heterocycles. The first-order valence-corrected chi connectivity index (χ1v) is 24.5. The highest BCUT2D eigenvalue weighted by Gasteiger charge is 2.51. The predicted molar refractivity (Wildman–Crippen MR) is 295 cm³/mol. The van der Waals surface area contributed by atoms with Crippen LogP contribution in [0, 0.1) is 0 Å². The number of nitrogens with zero attached hydrogens (tertiary/aromatic N) is 1. The summed E-state index contributed by atoms with van der Waals surface area (Å²) >= 11 is 0. The van der Waals surface area contributed by atoms with Crippen molar-refractivity contribution in [2.45, 2.75) is 5.41 Å². The molecule has 0 saturated carbocycles. The van der Waals surface area contributed by atoms with E-state index < -0.39 is 5.41 Å². The van der Waals surface area contributed by atoms with Crippen molar-refractivity contribution in [2.75, 3.05) is 4.90 Å². The van der Waals surface area contributed by atoms with Gasteiger partial charge in [0, 0.05) is 38.8 Å². The number of hydrogen-bond acceptors (Lipinski definition) is 2. The summed E-state index contributed by atoms with van der Waals surface area (Å²) in [6.07, 6.45) is 0. The fourth-order valence-electron chi connectivity index (χ4n) is 11.7. The molecule has 0 radical (unpaired) electrons. The summed E-state index contributed by atoms with van der Waals surface area (Å²) in [4.78, 5) is 2.41. The third-order valence-electron chi connectivity index (χ3n) is 14.9. The average molecular weight is 904 g/mol. The molecule has 0 amide bonds. The van der Waals surface area contributed by atoms with Crippen LogP contribution in [0.2, 0.25) is 0 Å². The van der Waals surface area contributed by atoms with Crippen LogP contribution in [0.25, 0.3) is 77.2 Å². The van der Waals surface area contributed by atoms with Crippen LogP contribution >= 0.6 is 0 Å². The van der Waals surface area contributed by atoms with Crippen molar-refractivity contribution in [1.29, 1.82) is 0 Å². The fourth-order valence-corrected chi connectivity index (χ4v) is 11.7. The van der Waals surface area contributed by atoms with Crippen LogP contribution in [-0.4, -0.2) is 0 Å². The molecule has 0 bridgehead atoms. The van der Waals surface area contributed by atoms with E-state index in [1.54, 1.807) is 0 Å². The van der Waals surface area contributed by atoms with Gasteiger partial charge in [-0.3, -0.25) is 0 Å². The molecule has 1 heterocycles. The topological polar surface area (TPSA) is 12.5 Å². The highest BCUT2D eigenvalue weighted by Crippen LogP contribution is 2.64. The Labute approximate surface area is 414 Å². The van der Waals surface area contributed by atoms with E-state index >= 15 is 0 Å². The van der Waals surface area contributed by atoms with Gasteiger partial charge in [0.05, 0.1) is 11.1 Å². The first kappa shape index (κ1) is 40.8. The molecule has 0 aromatic heterocycles. The Bertz CT molecular complexity index is 3920.